The number of ether oxygens (including phenoxy) is 2. The number of benzene rings is 2. The molecule has 0 radical (unpaired) electrons. The summed E-state index contributed by atoms with van der Waals surface area (Å²) in [4.78, 5) is 26.8. The summed E-state index contributed by atoms with van der Waals surface area (Å²) < 4.78 is 17.4. The Hall–Kier alpha value is -3.48. The minimum Gasteiger partial charge on any atom is -0.486 e. The third-order valence-corrected chi connectivity index (χ3v) is 5.15. The molecule has 0 spiro atoms. The molecule has 5 rings (SSSR count). The highest BCUT2D eigenvalue weighted by molar-refractivity contribution is 6.07. The van der Waals surface area contributed by atoms with Gasteiger partial charge in [0.25, 0.3) is 5.91 Å². The van der Waals surface area contributed by atoms with Gasteiger partial charge in [-0.2, -0.15) is 0 Å². The molecule has 0 saturated carbocycles. The van der Waals surface area contributed by atoms with Gasteiger partial charge in [0.2, 0.25) is 0 Å². The Morgan fingerprint density at radius 2 is 1.86 bits per heavy atom. The topological polar surface area (TPSA) is 81.0 Å². The van der Waals surface area contributed by atoms with Crippen molar-refractivity contribution in [2.75, 3.05) is 13.2 Å². The monoisotopic (exact) mass is 378 g/mol. The molecule has 1 N–H and O–H groups in total. The number of imide groups is 1. The standard InChI is InChI=1S/C21H18N2O5/c1-21(18-10-13-6-2-3-7-15(13)28-18)19(24)23(20(25)22-21)11-14-12-26-16-8-4-5-9-17(16)27-14/h2-10,14H,11-12H2,1H3,(H,22,25)/t14-,21-/m0/s1. The van der Waals surface area contributed by atoms with Crippen LogP contribution in [0.1, 0.15) is 12.7 Å². The van der Waals surface area contributed by atoms with Crippen LogP contribution in [0.4, 0.5) is 4.79 Å². The average molecular weight is 378 g/mol. The third kappa shape index (κ3) is 2.51. The van der Waals surface area contributed by atoms with Gasteiger partial charge in [-0.25, -0.2) is 4.79 Å². The molecule has 0 unspecified atom stereocenters. The second-order valence-corrected chi connectivity index (χ2v) is 7.12. The minimum absolute atomic E-state index is 0.0921. The zero-order valence-electron chi connectivity index (χ0n) is 15.2. The first-order valence-corrected chi connectivity index (χ1v) is 9.06. The largest absolute Gasteiger partial charge is 0.486 e. The van der Waals surface area contributed by atoms with Gasteiger partial charge in [0.15, 0.2) is 23.1 Å². The van der Waals surface area contributed by atoms with Gasteiger partial charge in [-0.1, -0.05) is 30.3 Å². The fourth-order valence-corrected chi connectivity index (χ4v) is 3.61. The number of urea groups is 1. The average Bonchev–Trinajstić information content (AvgIpc) is 3.24. The maximum Gasteiger partial charge on any atom is 0.325 e. The zero-order chi connectivity index (χ0) is 19.3. The molecule has 3 heterocycles. The van der Waals surface area contributed by atoms with Crippen molar-refractivity contribution in [1.82, 2.24) is 10.2 Å². The molecule has 3 amide bonds. The number of fused-ring (bicyclic) bond motifs is 2. The molecule has 7 nitrogen and oxygen atoms in total. The van der Waals surface area contributed by atoms with E-state index >= 15 is 0 Å². The van der Waals surface area contributed by atoms with Crippen molar-refractivity contribution in [3.05, 3.63) is 60.4 Å². The van der Waals surface area contributed by atoms with Gasteiger partial charge in [0, 0.05) is 5.39 Å². The highest BCUT2D eigenvalue weighted by Gasteiger charge is 2.52. The van der Waals surface area contributed by atoms with E-state index < -0.39 is 17.7 Å². The lowest BCUT2D eigenvalue weighted by Crippen LogP contribution is -2.45. The summed E-state index contributed by atoms with van der Waals surface area (Å²) in [6.45, 7) is 2.00. The molecule has 2 atom stereocenters. The van der Waals surface area contributed by atoms with Gasteiger partial charge >= 0.3 is 6.03 Å². The Morgan fingerprint density at radius 1 is 1.11 bits per heavy atom. The van der Waals surface area contributed by atoms with Crippen LogP contribution in [0.15, 0.2) is 59.0 Å². The van der Waals surface area contributed by atoms with Crippen LogP contribution in [-0.4, -0.2) is 36.1 Å². The predicted octanol–water partition coefficient (Wildman–Crippen LogP) is 3.04. The first-order chi connectivity index (χ1) is 13.5. The second kappa shape index (κ2) is 6.02. The molecule has 1 fully saturated rings. The van der Waals surface area contributed by atoms with E-state index in [9.17, 15) is 9.59 Å². The number of carbonyl (C=O) groups excluding carboxylic acids is 2. The van der Waals surface area contributed by atoms with Gasteiger partial charge in [0.05, 0.1) is 6.54 Å². The van der Waals surface area contributed by atoms with E-state index in [-0.39, 0.29) is 19.1 Å². The quantitative estimate of drug-likeness (QED) is 0.709. The van der Waals surface area contributed by atoms with E-state index in [0.29, 0.717) is 22.8 Å². The van der Waals surface area contributed by atoms with Crippen molar-refractivity contribution in [1.29, 1.82) is 0 Å². The van der Waals surface area contributed by atoms with Crippen LogP contribution in [0.2, 0.25) is 0 Å². The SMILES string of the molecule is C[C@@]1(c2cc3ccccc3o2)NC(=O)N(C[C@H]2COc3ccccc3O2)C1=O. The smallest absolute Gasteiger partial charge is 0.325 e. The molecule has 0 bridgehead atoms. The second-order valence-electron chi connectivity index (χ2n) is 7.12. The summed E-state index contributed by atoms with van der Waals surface area (Å²) in [5, 5.41) is 3.64. The normalized spacial score (nSPS) is 23.9. The van der Waals surface area contributed by atoms with Crippen molar-refractivity contribution in [2.24, 2.45) is 0 Å². The number of carbonyl (C=O) groups is 2. The number of nitrogens with one attached hydrogen (secondary N) is 1. The fourth-order valence-electron chi connectivity index (χ4n) is 3.61. The van der Waals surface area contributed by atoms with Crippen LogP contribution in [0.5, 0.6) is 11.5 Å². The molecule has 142 valence electrons. The van der Waals surface area contributed by atoms with E-state index in [2.05, 4.69) is 5.32 Å². The maximum atomic E-state index is 13.1. The molecular weight excluding hydrogens is 360 g/mol. The van der Waals surface area contributed by atoms with E-state index in [0.717, 1.165) is 10.3 Å². The predicted molar refractivity (Wildman–Crippen MR) is 100 cm³/mol. The first-order valence-electron chi connectivity index (χ1n) is 9.06. The van der Waals surface area contributed by atoms with Crippen LogP contribution in [0.25, 0.3) is 11.0 Å². The summed E-state index contributed by atoms with van der Waals surface area (Å²) in [7, 11) is 0. The zero-order valence-corrected chi connectivity index (χ0v) is 15.2. The summed E-state index contributed by atoms with van der Waals surface area (Å²) in [6.07, 6.45) is -0.442. The Morgan fingerprint density at radius 3 is 2.68 bits per heavy atom. The summed E-state index contributed by atoms with van der Waals surface area (Å²) >= 11 is 0. The molecule has 1 saturated heterocycles. The summed E-state index contributed by atoms with van der Waals surface area (Å²) in [5.74, 6) is 1.29. The highest BCUT2D eigenvalue weighted by atomic mass is 16.6. The number of nitrogens with zero attached hydrogens (tertiary/aromatic N) is 1. The molecule has 1 aromatic heterocycles. The number of hydrogen-bond acceptors (Lipinski definition) is 5. The lowest BCUT2D eigenvalue weighted by molar-refractivity contribution is -0.132. The Labute approximate surface area is 160 Å². The van der Waals surface area contributed by atoms with E-state index in [4.69, 9.17) is 13.9 Å². The number of para-hydroxylation sites is 3. The van der Waals surface area contributed by atoms with Crippen molar-refractivity contribution in [2.45, 2.75) is 18.6 Å². The van der Waals surface area contributed by atoms with Crippen molar-refractivity contribution < 1.29 is 23.5 Å². The van der Waals surface area contributed by atoms with Gasteiger partial charge in [0.1, 0.15) is 18.0 Å². The molecule has 3 aromatic rings. The minimum atomic E-state index is -1.26. The lowest BCUT2D eigenvalue weighted by Gasteiger charge is -2.28. The van der Waals surface area contributed by atoms with Crippen molar-refractivity contribution >= 4 is 22.9 Å². The van der Waals surface area contributed by atoms with Gasteiger partial charge in [-0.05, 0) is 31.2 Å². The molecule has 2 aliphatic rings. The van der Waals surface area contributed by atoms with Crippen LogP contribution in [0, 0.1) is 0 Å². The van der Waals surface area contributed by atoms with Crippen molar-refractivity contribution in [3.8, 4) is 11.5 Å². The van der Waals surface area contributed by atoms with E-state index in [1.807, 2.05) is 42.5 Å². The number of hydrogen-bond donors (Lipinski definition) is 1. The summed E-state index contributed by atoms with van der Waals surface area (Å²) in [5.41, 5.74) is -0.594. The van der Waals surface area contributed by atoms with Gasteiger partial charge in [-0.3, -0.25) is 9.69 Å². The number of amides is 3. The van der Waals surface area contributed by atoms with Crippen molar-refractivity contribution in [3.63, 3.8) is 0 Å². The van der Waals surface area contributed by atoms with Gasteiger partial charge in [-0.15, -0.1) is 0 Å². The molecule has 28 heavy (non-hydrogen) atoms. The lowest BCUT2D eigenvalue weighted by atomic mass is 9.99. The van der Waals surface area contributed by atoms with E-state index in [1.165, 1.54) is 0 Å². The molecule has 7 heteroatoms. The van der Waals surface area contributed by atoms with E-state index in [1.54, 1.807) is 19.1 Å². The van der Waals surface area contributed by atoms with Crippen LogP contribution < -0.4 is 14.8 Å². The Bertz CT molecular complexity index is 1060. The number of furan rings is 1. The van der Waals surface area contributed by atoms with Crippen LogP contribution in [0.3, 0.4) is 0 Å². The fraction of sp³-hybridized carbons (Fsp3) is 0.238. The maximum absolute atomic E-state index is 13.1. The number of rotatable bonds is 3. The molecular formula is C21H18N2O5. The molecule has 2 aromatic carbocycles. The first kappa shape index (κ1) is 16.7. The van der Waals surface area contributed by atoms with Gasteiger partial charge < -0.3 is 19.2 Å². The molecule has 0 aliphatic carbocycles. The highest BCUT2D eigenvalue weighted by Crippen LogP contribution is 2.35. The summed E-state index contributed by atoms with van der Waals surface area (Å²) in [6, 6.07) is 16.1. The van der Waals surface area contributed by atoms with Crippen LogP contribution in [-0.2, 0) is 10.3 Å². The molecule has 2 aliphatic heterocycles. The van der Waals surface area contributed by atoms with Crippen LogP contribution >= 0.6 is 0 Å². The third-order valence-electron chi connectivity index (χ3n) is 5.15. The Balaban J connectivity index is 1.38. The Kier molecular flexibility index (Phi) is 3.58.